The van der Waals surface area contributed by atoms with Crippen molar-refractivity contribution in [3.05, 3.63) is 35.1 Å². The summed E-state index contributed by atoms with van der Waals surface area (Å²) in [4.78, 5) is 13.7. The zero-order chi connectivity index (χ0) is 14.4. The molecule has 0 saturated heterocycles. The Balaban J connectivity index is 2.56. The van der Waals surface area contributed by atoms with Crippen molar-refractivity contribution in [2.75, 3.05) is 20.1 Å². The number of hydrogen-bond donors (Lipinski definition) is 1. The predicted molar refractivity (Wildman–Crippen MR) is 75.3 cm³/mol. The monoisotopic (exact) mass is 266 g/mol. The van der Waals surface area contributed by atoms with Crippen LogP contribution in [-0.4, -0.2) is 30.9 Å². The molecule has 0 aliphatic heterocycles. The van der Waals surface area contributed by atoms with E-state index in [0.29, 0.717) is 18.7 Å². The maximum atomic E-state index is 13.1. The minimum absolute atomic E-state index is 0.0869. The molecule has 0 heterocycles. The molecule has 0 radical (unpaired) electrons. The van der Waals surface area contributed by atoms with Gasteiger partial charge >= 0.3 is 0 Å². The molecule has 3 nitrogen and oxygen atoms in total. The number of nitrogens with two attached hydrogens (primary N) is 1. The van der Waals surface area contributed by atoms with Crippen LogP contribution in [0, 0.1) is 18.7 Å². The minimum Gasteiger partial charge on any atom is -0.345 e. The molecule has 4 heteroatoms. The summed E-state index contributed by atoms with van der Waals surface area (Å²) >= 11 is 0. The largest absolute Gasteiger partial charge is 0.345 e. The van der Waals surface area contributed by atoms with E-state index >= 15 is 0 Å². The molecule has 0 saturated carbocycles. The third-order valence-electron chi connectivity index (χ3n) is 3.46. The molecule has 1 aromatic rings. The standard InChI is InChI=1S/C15H23FN2O/c1-4-13(10-17)15(19)18(3)8-7-12-5-6-14(16)11(2)9-12/h5-6,9,13H,4,7-8,10,17H2,1-3H3. The van der Waals surface area contributed by atoms with E-state index < -0.39 is 0 Å². The van der Waals surface area contributed by atoms with Crippen LogP contribution in [-0.2, 0) is 11.2 Å². The van der Waals surface area contributed by atoms with Crippen LogP contribution in [0.3, 0.4) is 0 Å². The molecule has 106 valence electrons. The van der Waals surface area contributed by atoms with Crippen LogP contribution in [0.15, 0.2) is 18.2 Å². The predicted octanol–water partition coefficient (Wildman–Crippen LogP) is 2.12. The van der Waals surface area contributed by atoms with Gasteiger partial charge in [-0.05, 0) is 37.0 Å². The van der Waals surface area contributed by atoms with Crippen molar-refractivity contribution >= 4 is 5.91 Å². The van der Waals surface area contributed by atoms with Gasteiger partial charge in [-0.2, -0.15) is 0 Å². The van der Waals surface area contributed by atoms with Crippen LogP contribution in [0.1, 0.15) is 24.5 Å². The Morgan fingerprint density at radius 2 is 2.16 bits per heavy atom. The molecule has 1 amide bonds. The van der Waals surface area contributed by atoms with Crippen LogP contribution >= 0.6 is 0 Å². The van der Waals surface area contributed by atoms with Crippen molar-refractivity contribution in [3.8, 4) is 0 Å². The van der Waals surface area contributed by atoms with Gasteiger partial charge < -0.3 is 10.6 Å². The second-order valence-electron chi connectivity index (χ2n) is 4.93. The van der Waals surface area contributed by atoms with Gasteiger partial charge in [0.15, 0.2) is 0 Å². The van der Waals surface area contributed by atoms with E-state index in [-0.39, 0.29) is 17.6 Å². The average molecular weight is 266 g/mol. The molecule has 0 bridgehead atoms. The fraction of sp³-hybridized carbons (Fsp3) is 0.533. The van der Waals surface area contributed by atoms with Gasteiger partial charge in [0.05, 0.1) is 5.92 Å². The van der Waals surface area contributed by atoms with Crippen molar-refractivity contribution in [2.45, 2.75) is 26.7 Å². The molecule has 0 fully saturated rings. The summed E-state index contributed by atoms with van der Waals surface area (Å²) in [6, 6.07) is 5.07. The number of carbonyl (C=O) groups is 1. The Labute approximate surface area is 114 Å². The number of nitrogens with zero attached hydrogens (tertiary/aromatic N) is 1. The van der Waals surface area contributed by atoms with Gasteiger partial charge in [-0.25, -0.2) is 4.39 Å². The summed E-state index contributed by atoms with van der Waals surface area (Å²) in [5.41, 5.74) is 7.26. The van der Waals surface area contributed by atoms with E-state index in [1.54, 1.807) is 24.9 Å². The van der Waals surface area contributed by atoms with E-state index in [4.69, 9.17) is 5.73 Å². The molecule has 1 unspecified atom stereocenters. The maximum Gasteiger partial charge on any atom is 0.226 e. The van der Waals surface area contributed by atoms with Crippen molar-refractivity contribution in [3.63, 3.8) is 0 Å². The first-order chi connectivity index (χ1) is 8.99. The van der Waals surface area contributed by atoms with Gasteiger partial charge in [0.25, 0.3) is 0 Å². The number of likely N-dealkylation sites (N-methyl/N-ethyl adjacent to an activating group) is 1. The van der Waals surface area contributed by atoms with Crippen molar-refractivity contribution in [1.29, 1.82) is 0 Å². The fourth-order valence-electron chi connectivity index (χ4n) is 2.02. The van der Waals surface area contributed by atoms with E-state index in [2.05, 4.69) is 0 Å². The third kappa shape index (κ3) is 4.31. The highest BCUT2D eigenvalue weighted by Gasteiger charge is 2.18. The SMILES string of the molecule is CCC(CN)C(=O)N(C)CCc1ccc(F)c(C)c1. The van der Waals surface area contributed by atoms with Gasteiger partial charge in [0, 0.05) is 20.1 Å². The van der Waals surface area contributed by atoms with Crippen LogP contribution in [0.25, 0.3) is 0 Å². The smallest absolute Gasteiger partial charge is 0.226 e. The van der Waals surface area contributed by atoms with Crippen molar-refractivity contribution in [2.24, 2.45) is 11.7 Å². The Hall–Kier alpha value is -1.42. The first kappa shape index (κ1) is 15.6. The lowest BCUT2D eigenvalue weighted by molar-refractivity contribution is -0.133. The second kappa shape index (κ2) is 7.24. The number of aryl methyl sites for hydroxylation is 1. The fourth-order valence-corrected chi connectivity index (χ4v) is 2.02. The number of hydrogen-bond acceptors (Lipinski definition) is 2. The van der Waals surface area contributed by atoms with Gasteiger partial charge in [-0.1, -0.05) is 19.1 Å². The summed E-state index contributed by atoms with van der Waals surface area (Å²) in [5, 5.41) is 0. The Kier molecular flexibility index (Phi) is 5.96. The second-order valence-corrected chi connectivity index (χ2v) is 4.93. The minimum atomic E-state index is -0.192. The van der Waals surface area contributed by atoms with Crippen LogP contribution < -0.4 is 5.73 Å². The van der Waals surface area contributed by atoms with Gasteiger partial charge in [-0.3, -0.25) is 4.79 Å². The highest BCUT2D eigenvalue weighted by Crippen LogP contribution is 2.11. The van der Waals surface area contributed by atoms with Gasteiger partial charge in [-0.15, -0.1) is 0 Å². The zero-order valence-electron chi connectivity index (χ0n) is 11.9. The lowest BCUT2D eigenvalue weighted by Crippen LogP contribution is -2.37. The molecule has 0 aromatic heterocycles. The topological polar surface area (TPSA) is 46.3 Å². The number of rotatable bonds is 6. The van der Waals surface area contributed by atoms with Crippen LogP contribution in [0.2, 0.25) is 0 Å². The van der Waals surface area contributed by atoms with Crippen molar-refractivity contribution < 1.29 is 9.18 Å². The third-order valence-corrected chi connectivity index (χ3v) is 3.46. The van der Waals surface area contributed by atoms with E-state index in [1.165, 1.54) is 6.07 Å². The lowest BCUT2D eigenvalue weighted by atomic mass is 10.0. The molecule has 2 N–H and O–H groups in total. The molecule has 1 aromatic carbocycles. The van der Waals surface area contributed by atoms with Gasteiger partial charge in [0.1, 0.15) is 5.82 Å². The van der Waals surface area contributed by atoms with Crippen molar-refractivity contribution in [1.82, 2.24) is 4.90 Å². The summed E-state index contributed by atoms with van der Waals surface area (Å²) < 4.78 is 13.1. The molecule has 1 atom stereocenters. The Morgan fingerprint density at radius 1 is 1.47 bits per heavy atom. The quantitative estimate of drug-likeness (QED) is 0.857. The number of carbonyl (C=O) groups excluding carboxylic acids is 1. The van der Waals surface area contributed by atoms with Crippen LogP contribution in [0.5, 0.6) is 0 Å². The summed E-state index contributed by atoms with van der Waals surface area (Å²) in [6.07, 6.45) is 1.49. The molecule has 1 rings (SSSR count). The van der Waals surface area contributed by atoms with Gasteiger partial charge in [0.2, 0.25) is 5.91 Å². The molecule has 0 spiro atoms. The highest BCUT2D eigenvalue weighted by molar-refractivity contribution is 5.78. The van der Waals surface area contributed by atoms with Crippen LogP contribution in [0.4, 0.5) is 4.39 Å². The first-order valence-corrected chi connectivity index (χ1v) is 6.69. The number of benzene rings is 1. The molecular weight excluding hydrogens is 243 g/mol. The Morgan fingerprint density at radius 3 is 2.68 bits per heavy atom. The Bertz CT molecular complexity index is 430. The first-order valence-electron chi connectivity index (χ1n) is 6.69. The highest BCUT2D eigenvalue weighted by atomic mass is 19.1. The summed E-state index contributed by atoms with van der Waals surface area (Å²) in [6.45, 7) is 4.72. The summed E-state index contributed by atoms with van der Waals surface area (Å²) in [7, 11) is 1.79. The molecule has 0 aliphatic carbocycles. The lowest BCUT2D eigenvalue weighted by Gasteiger charge is -2.22. The number of amides is 1. The van der Waals surface area contributed by atoms with E-state index in [0.717, 1.165) is 18.4 Å². The molecular formula is C15H23FN2O. The average Bonchev–Trinajstić information content (AvgIpc) is 2.41. The molecule has 19 heavy (non-hydrogen) atoms. The van der Waals surface area contributed by atoms with E-state index in [1.807, 2.05) is 13.0 Å². The van der Waals surface area contributed by atoms with E-state index in [9.17, 15) is 9.18 Å². The molecule has 0 aliphatic rings. The zero-order valence-corrected chi connectivity index (χ0v) is 11.9. The maximum absolute atomic E-state index is 13.1. The summed E-state index contributed by atoms with van der Waals surface area (Å²) in [5.74, 6) is -0.203. The normalized spacial score (nSPS) is 12.3. The number of halogens is 1.